The van der Waals surface area contributed by atoms with E-state index in [4.69, 9.17) is 5.11 Å². The molecule has 5 nitrogen and oxygen atoms in total. The van der Waals surface area contributed by atoms with Gasteiger partial charge in [-0.1, -0.05) is 0 Å². The smallest absolute Gasteiger partial charge is 0.347 e. The molecule has 100 valence electrons. The lowest BCUT2D eigenvalue weighted by atomic mass is 10.3. The number of hydrogen-bond donors (Lipinski definition) is 2. The van der Waals surface area contributed by atoms with E-state index in [1.165, 1.54) is 11.3 Å². The summed E-state index contributed by atoms with van der Waals surface area (Å²) in [6.45, 7) is 1.89. The van der Waals surface area contributed by atoms with Crippen LogP contribution in [0, 0.1) is 9.81 Å². The molecule has 0 aromatic carbocycles. The molecule has 0 aliphatic heterocycles. The highest BCUT2D eigenvalue weighted by molar-refractivity contribution is 14.1. The predicted molar refractivity (Wildman–Crippen MR) is 82.0 cm³/mol. The van der Waals surface area contributed by atoms with Crippen LogP contribution < -0.4 is 5.32 Å². The number of aromatic carboxylic acids is 1. The lowest BCUT2D eigenvalue weighted by Crippen LogP contribution is -2.22. The Morgan fingerprint density at radius 2 is 2.26 bits per heavy atom. The van der Waals surface area contributed by atoms with Crippen molar-refractivity contribution in [2.45, 2.75) is 13.5 Å². The molecule has 0 spiro atoms. The summed E-state index contributed by atoms with van der Waals surface area (Å²) in [7, 11) is 0. The minimum absolute atomic E-state index is 0.177. The number of amides is 1. The van der Waals surface area contributed by atoms with Gasteiger partial charge in [0.25, 0.3) is 5.91 Å². The highest BCUT2D eigenvalue weighted by atomic mass is 127. The predicted octanol–water partition coefficient (Wildman–Crippen LogP) is 2.75. The second-order valence-corrected chi connectivity index (χ2v) is 7.54. The third kappa shape index (κ3) is 3.51. The van der Waals surface area contributed by atoms with Crippen molar-refractivity contribution >= 4 is 57.1 Å². The molecular weight excluding hydrogens is 399 g/mol. The topological polar surface area (TPSA) is 79.3 Å². The number of nitrogens with one attached hydrogen (secondary N) is 1. The van der Waals surface area contributed by atoms with E-state index in [2.05, 4.69) is 32.9 Å². The summed E-state index contributed by atoms with van der Waals surface area (Å²) in [4.78, 5) is 27.0. The Bertz CT molecular complexity index is 636. The van der Waals surface area contributed by atoms with E-state index >= 15 is 0 Å². The summed E-state index contributed by atoms with van der Waals surface area (Å²) in [5.41, 5.74) is 1.09. The van der Waals surface area contributed by atoms with Gasteiger partial charge in [0.15, 0.2) is 0 Å². The van der Waals surface area contributed by atoms with Crippen molar-refractivity contribution in [3.8, 4) is 0 Å². The number of halogens is 1. The van der Waals surface area contributed by atoms with Crippen molar-refractivity contribution in [1.29, 1.82) is 0 Å². The van der Waals surface area contributed by atoms with Crippen LogP contribution in [-0.4, -0.2) is 22.0 Å². The fourth-order valence-electron chi connectivity index (χ4n) is 1.41. The number of hydrogen-bond acceptors (Lipinski definition) is 5. The van der Waals surface area contributed by atoms with Crippen LogP contribution >= 0.6 is 45.3 Å². The maximum Gasteiger partial charge on any atom is 0.347 e. The number of thiophene rings is 1. The first-order valence-corrected chi connectivity index (χ1v) is 7.96. The fraction of sp³-hybridized carbons (Fsp3) is 0.182. The Balaban J connectivity index is 2.01. The van der Waals surface area contributed by atoms with Gasteiger partial charge in [0, 0.05) is 5.38 Å². The number of thiazole rings is 1. The monoisotopic (exact) mass is 408 g/mol. The van der Waals surface area contributed by atoms with E-state index < -0.39 is 5.97 Å². The molecule has 0 aliphatic rings. The Kier molecular flexibility index (Phi) is 4.53. The quantitative estimate of drug-likeness (QED) is 0.763. The van der Waals surface area contributed by atoms with E-state index in [1.54, 1.807) is 18.4 Å². The molecule has 0 saturated heterocycles. The number of nitrogens with zero attached hydrogens (tertiary/aromatic N) is 1. The maximum atomic E-state index is 11.8. The van der Waals surface area contributed by atoms with Crippen LogP contribution in [0.1, 0.15) is 30.7 Å². The van der Waals surface area contributed by atoms with E-state index in [-0.39, 0.29) is 17.3 Å². The van der Waals surface area contributed by atoms with Crippen LogP contribution in [0.3, 0.4) is 0 Å². The van der Waals surface area contributed by atoms with Crippen LogP contribution in [-0.2, 0) is 6.54 Å². The molecule has 2 heterocycles. The average Bonchev–Trinajstić information content (AvgIpc) is 2.92. The van der Waals surface area contributed by atoms with E-state index in [1.807, 2.05) is 0 Å². The molecule has 0 bridgehead atoms. The highest BCUT2D eigenvalue weighted by Gasteiger charge is 2.15. The molecule has 0 unspecified atom stereocenters. The second-order valence-electron chi connectivity index (χ2n) is 3.65. The molecule has 2 aromatic heterocycles. The van der Waals surface area contributed by atoms with E-state index in [9.17, 15) is 9.59 Å². The molecule has 0 aliphatic carbocycles. The molecule has 2 N–H and O–H groups in total. The zero-order valence-electron chi connectivity index (χ0n) is 9.77. The van der Waals surface area contributed by atoms with Crippen LogP contribution in [0.2, 0.25) is 0 Å². The number of aromatic nitrogens is 1. The molecule has 2 rings (SSSR count). The minimum Gasteiger partial charge on any atom is -0.477 e. The molecule has 0 fully saturated rings. The molecule has 0 atom stereocenters. The first-order valence-electron chi connectivity index (χ1n) is 5.19. The largest absolute Gasteiger partial charge is 0.477 e. The zero-order valence-corrected chi connectivity index (χ0v) is 13.6. The molecule has 1 amide bonds. The average molecular weight is 408 g/mol. The molecule has 19 heavy (non-hydrogen) atoms. The van der Waals surface area contributed by atoms with Crippen LogP contribution in [0.4, 0.5) is 0 Å². The Hall–Kier alpha value is -1.00. The minimum atomic E-state index is -0.986. The van der Waals surface area contributed by atoms with Gasteiger partial charge in [-0.25, -0.2) is 9.78 Å². The van der Waals surface area contributed by atoms with Crippen LogP contribution in [0.15, 0.2) is 11.4 Å². The van der Waals surface area contributed by atoms with Crippen LogP contribution in [0.25, 0.3) is 0 Å². The SMILES string of the molecule is Cc1nc(CNC(=O)c2csc(I)c2)sc1C(=O)O. The van der Waals surface area contributed by atoms with Gasteiger partial charge >= 0.3 is 5.97 Å². The standard InChI is InChI=1S/C11H9IN2O3S2/c1-5-9(11(16)17)19-8(14-5)3-13-10(15)6-2-7(12)18-4-6/h2,4H,3H2,1H3,(H,13,15)(H,16,17). The maximum absolute atomic E-state index is 11.8. The number of aryl methyl sites for hydroxylation is 1. The molecule has 8 heteroatoms. The van der Waals surface area contributed by atoms with Gasteiger partial charge in [0.1, 0.15) is 9.88 Å². The summed E-state index contributed by atoms with van der Waals surface area (Å²) in [5, 5.41) is 14.0. The third-order valence-electron chi connectivity index (χ3n) is 2.26. The number of carbonyl (C=O) groups excluding carboxylic acids is 1. The Labute approximate surface area is 130 Å². The molecule has 2 aromatic rings. The number of rotatable bonds is 4. The molecular formula is C11H9IN2O3S2. The van der Waals surface area contributed by atoms with Crippen molar-refractivity contribution in [3.63, 3.8) is 0 Å². The first-order chi connectivity index (χ1) is 8.97. The number of carbonyl (C=O) groups is 2. The molecule has 0 radical (unpaired) electrons. The number of carboxylic acid groups (broad SMARTS) is 1. The van der Waals surface area contributed by atoms with Crippen molar-refractivity contribution < 1.29 is 14.7 Å². The van der Waals surface area contributed by atoms with E-state index in [0.29, 0.717) is 16.3 Å². The fourth-order valence-corrected chi connectivity index (χ4v) is 3.58. The lowest BCUT2D eigenvalue weighted by Gasteiger charge is -1.99. The lowest BCUT2D eigenvalue weighted by molar-refractivity contribution is 0.0701. The van der Waals surface area contributed by atoms with Crippen molar-refractivity contribution in [1.82, 2.24) is 10.3 Å². The van der Waals surface area contributed by atoms with Crippen molar-refractivity contribution in [2.75, 3.05) is 0 Å². The highest BCUT2D eigenvalue weighted by Crippen LogP contribution is 2.19. The third-order valence-corrected chi connectivity index (χ3v) is 5.20. The van der Waals surface area contributed by atoms with E-state index in [0.717, 1.165) is 14.2 Å². The van der Waals surface area contributed by atoms with Gasteiger partial charge in [-0.15, -0.1) is 22.7 Å². The molecule has 0 saturated carbocycles. The van der Waals surface area contributed by atoms with Gasteiger partial charge in [-0.2, -0.15) is 0 Å². The van der Waals surface area contributed by atoms with Gasteiger partial charge in [-0.3, -0.25) is 4.79 Å². The normalized spacial score (nSPS) is 10.4. The van der Waals surface area contributed by atoms with Crippen molar-refractivity contribution in [3.05, 3.63) is 35.5 Å². The summed E-state index contributed by atoms with van der Waals surface area (Å²) in [6, 6.07) is 1.80. The van der Waals surface area contributed by atoms with Gasteiger partial charge in [0.2, 0.25) is 0 Å². The Morgan fingerprint density at radius 3 is 2.79 bits per heavy atom. The summed E-state index contributed by atoms with van der Waals surface area (Å²) in [5.74, 6) is -1.16. The van der Waals surface area contributed by atoms with Crippen LogP contribution in [0.5, 0.6) is 0 Å². The summed E-state index contributed by atoms with van der Waals surface area (Å²) < 4.78 is 1.04. The number of carboxylic acids is 1. The second kappa shape index (κ2) is 5.97. The summed E-state index contributed by atoms with van der Waals surface area (Å²) in [6.07, 6.45) is 0. The zero-order chi connectivity index (χ0) is 14.0. The van der Waals surface area contributed by atoms with Gasteiger partial charge in [-0.05, 0) is 35.6 Å². The van der Waals surface area contributed by atoms with Gasteiger partial charge in [0.05, 0.1) is 20.7 Å². The first kappa shape index (κ1) is 14.4. The van der Waals surface area contributed by atoms with Crippen molar-refractivity contribution in [2.24, 2.45) is 0 Å². The van der Waals surface area contributed by atoms with Gasteiger partial charge < -0.3 is 10.4 Å². The Morgan fingerprint density at radius 1 is 1.53 bits per heavy atom. The summed E-state index contributed by atoms with van der Waals surface area (Å²) >= 11 is 4.74.